The molecule has 1 aliphatic rings. The van der Waals surface area contributed by atoms with Crippen LogP contribution in [-0.4, -0.2) is 47.9 Å². The fourth-order valence-corrected chi connectivity index (χ4v) is 4.25. The Morgan fingerprint density at radius 1 is 0.972 bits per heavy atom. The van der Waals surface area contributed by atoms with Gasteiger partial charge in [0.25, 0.3) is 0 Å². The molecule has 9 heteroatoms. The summed E-state index contributed by atoms with van der Waals surface area (Å²) in [5, 5.41) is 8.80. The average molecular weight is 522 g/mol. The van der Waals surface area contributed by atoms with Crippen LogP contribution >= 0.6 is 11.6 Å². The van der Waals surface area contributed by atoms with Crippen LogP contribution in [0.5, 0.6) is 0 Å². The van der Waals surface area contributed by atoms with Gasteiger partial charge in [-0.2, -0.15) is 0 Å². The lowest BCUT2D eigenvalue weighted by molar-refractivity contribution is -0.158. The van der Waals surface area contributed by atoms with Gasteiger partial charge in [-0.3, -0.25) is 14.4 Å². The van der Waals surface area contributed by atoms with Crippen molar-refractivity contribution < 1.29 is 23.9 Å². The summed E-state index contributed by atoms with van der Waals surface area (Å²) in [6, 6.07) is 4.29. The number of carbonyl (C=O) groups is 4. The maximum absolute atomic E-state index is 13.2. The average Bonchev–Trinajstić information content (AvgIpc) is 2.85. The summed E-state index contributed by atoms with van der Waals surface area (Å²) in [5.74, 6) is -2.18. The number of ether oxygens (including phenoxy) is 1. The third-order valence-electron chi connectivity index (χ3n) is 6.82. The predicted octanol–water partition coefficient (Wildman–Crippen LogP) is 3.54. The second-order valence-electron chi connectivity index (χ2n) is 9.85. The second-order valence-corrected chi connectivity index (χ2v) is 10.3. The highest BCUT2D eigenvalue weighted by molar-refractivity contribution is 6.30. The number of rotatable bonds is 8. The van der Waals surface area contributed by atoms with Crippen molar-refractivity contribution in [3.63, 3.8) is 0 Å². The molecule has 1 aliphatic heterocycles. The van der Waals surface area contributed by atoms with E-state index in [0.29, 0.717) is 11.4 Å². The lowest BCUT2D eigenvalue weighted by Gasteiger charge is -2.29. The van der Waals surface area contributed by atoms with Crippen LogP contribution in [0.4, 0.5) is 0 Å². The zero-order valence-corrected chi connectivity index (χ0v) is 22.7. The van der Waals surface area contributed by atoms with Gasteiger partial charge in [0.2, 0.25) is 17.7 Å². The Morgan fingerprint density at radius 3 is 2.25 bits per heavy atom. The van der Waals surface area contributed by atoms with Crippen molar-refractivity contribution in [1.82, 2.24) is 16.0 Å². The zero-order valence-electron chi connectivity index (χ0n) is 21.9. The van der Waals surface area contributed by atoms with Gasteiger partial charge in [-0.05, 0) is 42.9 Å². The number of unbranched alkanes of at least 4 members (excludes halogenated alkanes) is 1. The molecule has 36 heavy (non-hydrogen) atoms. The molecule has 0 bridgehead atoms. The minimum Gasteiger partial charge on any atom is -0.460 e. The summed E-state index contributed by atoms with van der Waals surface area (Å²) in [5.41, 5.74) is 0.803. The van der Waals surface area contributed by atoms with Crippen molar-refractivity contribution >= 4 is 35.3 Å². The second kappa shape index (κ2) is 14.2. The van der Waals surface area contributed by atoms with Gasteiger partial charge in [-0.1, -0.05) is 70.7 Å². The molecule has 6 atom stereocenters. The monoisotopic (exact) mass is 521 g/mol. The van der Waals surface area contributed by atoms with Crippen LogP contribution in [0.25, 0.3) is 0 Å². The zero-order chi connectivity index (χ0) is 26.8. The molecule has 1 aromatic carbocycles. The number of hydrogen-bond donors (Lipinski definition) is 3. The van der Waals surface area contributed by atoms with Crippen LogP contribution in [0.3, 0.4) is 0 Å². The molecular weight excluding hydrogens is 482 g/mol. The molecule has 2 rings (SSSR count). The van der Waals surface area contributed by atoms with Gasteiger partial charge in [0.1, 0.15) is 24.2 Å². The molecule has 0 radical (unpaired) electrons. The third-order valence-corrected chi connectivity index (χ3v) is 7.08. The number of amides is 3. The number of carbonyl (C=O) groups excluding carboxylic acids is 4. The highest BCUT2D eigenvalue weighted by Gasteiger charge is 2.35. The lowest BCUT2D eigenvalue weighted by atomic mass is 9.94. The number of benzene rings is 1. The minimum atomic E-state index is -0.915. The van der Waals surface area contributed by atoms with Gasteiger partial charge in [-0.15, -0.1) is 0 Å². The molecule has 0 aromatic heterocycles. The van der Waals surface area contributed by atoms with Crippen molar-refractivity contribution in [3.05, 3.63) is 34.9 Å². The Kier molecular flexibility index (Phi) is 11.7. The predicted molar refractivity (Wildman–Crippen MR) is 139 cm³/mol. The van der Waals surface area contributed by atoms with Crippen LogP contribution in [-0.2, 0) is 30.3 Å². The van der Waals surface area contributed by atoms with Gasteiger partial charge < -0.3 is 20.7 Å². The normalized spacial score (nSPS) is 25.7. The van der Waals surface area contributed by atoms with E-state index in [2.05, 4.69) is 22.9 Å². The molecule has 0 spiro atoms. The van der Waals surface area contributed by atoms with E-state index >= 15 is 0 Å². The highest BCUT2D eigenvalue weighted by atomic mass is 35.5. The number of hydrogen-bond acceptors (Lipinski definition) is 5. The molecule has 0 aliphatic carbocycles. The fraction of sp³-hybridized carbons (Fsp3) is 0.630. The van der Waals surface area contributed by atoms with Gasteiger partial charge in [0.05, 0.1) is 6.42 Å². The molecule has 1 aromatic rings. The van der Waals surface area contributed by atoms with E-state index in [1.807, 2.05) is 20.8 Å². The molecule has 1 fully saturated rings. The van der Waals surface area contributed by atoms with Crippen molar-refractivity contribution in [1.29, 1.82) is 0 Å². The standard InChI is InChI=1S/C27H40ClN3O5/c1-6-8-9-17(4)22-15-23(32)30-21(14-19-10-12-20(28)13-11-19)26(34)29-18(5)25(33)31-24(16(3)7-2)27(35)36-22/h10-13,16-18,21-22,24H,6-9,14-15H2,1-5H3,(H,29,34)(H,30,32)(H,31,33). The Hall–Kier alpha value is -2.61. The minimum absolute atomic E-state index is 0.0690. The first-order valence-corrected chi connectivity index (χ1v) is 13.3. The van der Waals surface area contributed by atoms with E-state index in [-0.39, 0.29) is 24.7 Å². The van der Waals surface area contributed by atoms with Crippen molar-refractivity contribution in [3.8, 4) is 0 Å². The number of nitrogens with one attached hydrogen (secondary N) is 3. The Morgan fingerprint density at radius 2 is 1.64 bits per heavy atom. The lowest BCUT2D eigenvalue weighted by Crippen LogP contribution is -2.55. The van der Waals surface area contributed by atoms with E-state index in [4.69, 9.17) is 16.3 Å². The smallest absolute Gasteiger partial charge is 0.329 e. The SMILES string of the molecule is CCCCC(C)C1CC(=O)NC(Cc2ccc(Cl)cc2)C(=O)NC(C)C(=O)NC(C(C)CC)C(=O)O1. The molecule has 0 saturated carbocycles. The van der Waals surface area contributed by atoms with Crippen molar-refractivity contribution in [2.24, 2.45) is 11.8 Å². The summed E-state index contributed by atoms with van der Waals surface area (Å²) >= 11 is 5.98. The first kappa shape index (κ1) is 29.6. The van der Waals surface area contributed by atoms with Gasteiger partial charge in [-0.25, -0.2) is 4.79 Å². The molecule has 200 valence electrons. The molecule has 6 unspecified atom stereocenters. The summed E-state index contributed by atoms with van der Waals surface area (Å²) in [6.07, 6.45) is 2.80. The van der Waals surface area contributed by atoms with Crippen LogP contribution in [0.2, 0.25) is 5.02 Å². The Bertz CT molecular complexity index is 907. The van der Waals surface area contributed by atoms with E-state index in [0.717, 1.165) is 24.8 Å². The van der Waals surface area contributed by atoms with Crippen molar-refractivity contribution in [2.75, 3.05) is 0 Å². The van der Waals surface area contributed by atoms with Crippen LogP contribution < -0.4 is 16.0 Å². The number of halogens is 1. The highest BCUT2D eigenvalue weighted by Crippen LogP contribution is 2.21. The van der Waals surface area contributed by atoms with Crippen LogP contribution in [0.15, 0.2) is 24.3 Å². The van der Waals surface area contributed by atoms with Gasteiger partial charge in [0.15, 0.2) is 0 Å². The Balaban J connectivity index is 2.38. The third kappa shape index (κ3) is 8.80. The van der Waals surface area contributed by atoms with Crippen molar-refractivity contribution in [2.45, 2.75) is 97.4 Å². The number of esters is 1. The summed E-state index contributed by atoms with van der Waals surface area (Å²) in [4.78, 5) is 52.4. The van der Waals surface area contributed by atoms with E-state index in [1.165, 1.54) is 0 Å². The first-order chi connectivity index (χ1) is 17.0. The molecule has 1 heterocycles. The van der Waals surface area contributed by atoms with Crippen LogP contribution in [0, 0.1) is 11.8 Å². The fourth-order valence-electron chi connectivity index (χ4n) is 4.12. The van der Waals surface area contributed by atoms with E-state index in [1.54, 1.807) is 31.2 Å². The summed E-state index contributed by atoms with van der Waals surface area (Å²) in [6.45, 7) is 9.36. The topological polar surface area (TPSA) is 114 Å². The first-order valence-electron chi connectivity index (χ1n) is 12.9. The molecule has 3 amide bonds. The summed E-state index contributed by atoms with van der Waals surface area (Å²) in [7, 11) is 0. The molecule has 8 nitrogen and oxygen atoms in total. The van der Waals surface area contributed by atoms with Crippen LogP contribution in [0.1, 0.15) is 72.3 Å². The molecular formula is C27H40ClN3O5. The van der Waals surface area contributed by atoms with Gasteiger partial charge >= 0.3 is 5.97 Å². The largest absolute Gasteiger partial charge is 0.460 e. The number of cyclic esters (lactones) is 1. The van der Waals surface area contributed by atoms with Gasteiger partial charge in [0, 0.05) is 11.4 Å². The quantitative estimate of drug-likeness (QED) is 0.453. The maximum Gasteiger partial charge on any atom is 0.329 e. The molecule has 1 saturated heterocycles. The van der Waals surface area contributed by atoms with E-state index in [9.17, 15) is 19.2 Å². The Labute approximate surface area is 219 Å². The van der Waals surface area contributed by atoms with E-state index < -0.39 is 47.9 Å². The molecule has 3 N–H and O–H groups in total. The summed E-state index contributed by atoms with van der Waals surface area (Å²) < 4.78 is 5.87. The maximum atomic E-state index is 13.2.